The molecule has 6 aliphatic carbocycles. The zero-order valence-electron chi connectivity index (χ0n) is 36.8. The predicted octanol–water partition coefficient (Wildman–Crippen LogP) is 15.4. The van der Waals surface area contributed by atoms with E-state index in [4.69, 9.17) is 4.74 Å². The van der Waals surface area contributed by atoms with Crippen molar-refractivity contribution >= 4 is 17.1 Å². The molecule has 2 heteroatoms. The maximum absolute atomic E-state index is 7.08. The first-order valence-corrected chi connectivity index (χ1v) is 23.2. The summed E-state index contributed by atoms with van der Waals surface area (Å²) in [6.45, 7) is 19.5. The quantitative estimate of drug-likeness (QED) is 0.180. The molecule has 2 spiro atoms. The minimum absolute atomic E-state index is 0.0686. The van der Waals surface area contributed by atoms with Gasteiger partial charge in [-0.3, -0.25) is 0 Å². The van der Waals surface area contributed by atoms with E-state index in [2.05, 4.69) is 163 Å². The first-order valence-electron chi connectivity index (χ1n) is 23.2. The van der Waals surface area contributed by atoms with E-state index in [0.717, 1.165) is 35.2 Å². The molecule has 7 aliphatic rings. The Morgan fingerprint density at radius 1 is 0.441 bits per heavy atom. The first-order chi connectivity index (χ1) is 28.1. The Kier molecular flexibility index (Phi) is 7.27. The van der Waals surface area contributed by atoms with Crippen LogP contribution in [0.4, 0.5) is 17.1 Å². The van der Waals surface area contributed by atoms with Crippen molar-refractivity contribution in [2.75, 3.05) is 4.90 Å². The number of hydrogen-bond acceptors (Lipinski definition) is 2. The number of nitrogens with zero attached hydrogens (tertiary/aromatic N) is 1. The van der Waals surface area contributed by atoms with Gasteiger partial charge in [-0.1, -0.05) is 116 Å². The SMILES string of the molecule is CC1(C)CCC(C)(C)c2cc(-c3ccc(N(c4ccc5c(c4)Oc4ccccc4C54C5CC6CC7CC4C5(C6)C7)c4ccc5c(c4)C(C)(C)CCC5(C)C)cc3)ccc21. The summed E-state index contributed by atoms with van der Waals surface area (Å²) in [6.07, 6.45) is 12.0. The first kappa shape index (κ1) is 36.5. The molecule has 0 amide bonds. The molecule has 0 saturated heterocycles. The molecule has 59 heavy (non-hydrogen) atoms. The lowest BCUT2D eigenvalue weighted by Crippen LogP contribution is -2.64. The van der Waals surface area contributed by atoms with Crippen molar-refractivity contribution in [3.8, 4) is 22.6 Å². The third-order valence-electron chi connectivity index (χ3n) is 18.3. The fourth-order valence-electron chi connectivity index (χ4n) is 15.3. The molecule has 0 aromatic heterocycles. The summed E-state index contributed by atoms with van der Waals surface area (Å²) in [5.41, 5.74) is 16.4. The monoisotopic (exact) mass is 777 g/mol. The minimum Gasteiger partial charge on any atom is -0.457 e. The molecule has 4 fully saturated rings. The Bertz CT molecular complexity index is 2540. The highest BCUT2D eigenvalue weighted by Crippen LogP contribution is 2.85. The third kappa shape index (κ3) is 4.87. The molecule has 4 saturated carbocycles. The second-order valence-corrected chi connectivity index (χ2v) is 23.2. The van der Waals surface area contributed by atoms with Crippen LogP contribution in [0.5, 0.6) is 11.5 Å². The third-order valence-corrected chi connectivity index (χ3v) is 18.3. The van der Waals surface area contributed by atoms with Crippen LogP contribution in [0, 0.1) is 29.1 Å². The average Bonchev–Trinajstić information content (AvgIpc) is 3.61. The van der Waals surface area contributed by atoms with Crippen LogP contribution >= 0.6 is 0 Å². The highest BCUT2D eigenvalue weighted by molar-refractivity contribution is 5.81. The van der Waals surface area contributed by atoms with Crippen molar-refractivity contribution in [3.05, 3.63) is 137 Å². The van der Waals surface area contributed by atoms with Gasteiger partial charge in [-0.15, -0.1) is 0 Å². The smallest absolute Gasteiger partial charge is 0.133 e. The van der Waals surface area contributed by atoms with Crippen LogP contribution < -0.4 is 9.64 Å². The normalized spacial score (nSPS) is 31.3. The Balaban J connectivity index is 0.995. The minimum atomic E-state index is 0.0686. The van der Waals surface area contributed by atoms with Gasteiger partial charge in [0.05, 0.1) is 0 Å². The predicted molar refractivity (Wildman–Crippen MR) is 244 cm³/mol. The summed E-state index contributed by atoms with van der Waals surface area (Å²) in [7, 11) is 0. The number of fused-ring (bicyclic) bond motifs is 10. The number of ether oxygens (including phenoxy) is 1. The van der Waals surface area contributed by atoms with E-state index in [-0.39, 0.29) is 27.1 Å². The molecule has 0 N–H and O–H groups in total. The van der Waals surface area contributed by atoms with Crippen molar-refractivity contribution in [3.63, 3.8) is 0 Å². The number of hydrogen-bond donors (Lipinski definition) is 0. The van der Waals surface area contributed by atoms with Gasteiger partial charge in [0.25, 0.3) is 0 Å². The van der Waals surface area contributed by atoms with E-state index < -0.39 is 0 Å². The van der Waals surface area contributed by atoms with Crippen LogP contribution in [0.2, 0.25) is 0 Å². The van der Waals surface area contributed by atoms with Crippen LogP contribution in [-0.4, -0.2) is 0 Å². The maximum atomic E-state index is 7.08. The highest BCUT2D eigenvalue weighted by atomic mass is 16.5. The second-order valence-electron chi connectivity index (χ2n) is 23.2. The van der Waals surface area contributed by atoms with Gasteiger partial charge in [0.15, 0.2) is 0 Å². The maximum Gasteiger partial charge on any atom is 0.133 e. The zero-order valence-corrected chi connectivity index (χ0v) is 36.8. The van der Waals surface area contributed by atoms with E-state index in [1.54, 1.807) is 0 Å². The highest BCUT2D eigenvalue weighted by Gasteiger charge is 2.79. The zero-order chi connectivity index (χ0) is 40.5. The Morgan fingerprint density at radius 2 is 0.932 bits per heavy atom. The largest absolute Gasteiger partial charge is 0.457 e. The molecule has 1 heterocycles. The number of rotatable bonds is 4. The standard InChI is InChI=1S/C57H63NO/c1-52(2)23-25-54(5,6)46-30-38(15-20-42(46)52)37-13-16-39(17-14-37)58(40-18-21-43-47(31-40)55(7,8)26-24-53(43,3)4)41-19-22-45-49(32-41)59-48-12-10-9-11-44(48)57(45)50-28-35-27-36-29-51(57)56(50,33-35)34-36/h9-22,30-32,35-36,50-51H,23-29,33-34H2,1-8H3. The fourth-order valence-corrected chi connectivity index (χ4v) is 15.3. The lowest BCUT2D eigenvalue weighted by molar-refractivity contribution is -0.0882. The van der Waals surface area contributed by atoms with Crippen molar-refractivity contribution in [1.82, 2.24) is 0 Å². The average molecular weight is 778 g/mol. The van der Waals surface area contributed by atoms with Gasteiger partial charge in [-0.25, -0.2) is 0 Å². The molecule has 1 aliphatic heterocycles. The van der Waals surface area contributed by atoms with E-state index in [1.807, 2.05) is 0 Å². The molecular weight excluding hydrogens is 715 g/mol. The van der Waals surface area contributed by atoms with Gasteiger partial charge in [0, 0.05) is 39.7 Å². The molecule has 12 rings (SSSR count). The Labute approximate surface area is 353 Å². The molecule has 302 valence electrons. The summed E-state index contributed by atoms with van der Waals surface area (Å²) < 4.78 is 7.08. The number of benzene rings is 5. The molecule has 5 aromatic carbocycles. The van der Waals surface area contributed by atoms with E-state index in [1.165, 1.54) is 119 Å². The fraction of sp³-hybridized carbons (Fsp3) is 0.474. The van der Waals surface area contributed by atoms with Crippen molar-refractivity contribution in [2.24, 2.45) is 29.1 Å². The van der Waals surface area contributed by atoms with Crippen LogP contribution in [0.15, 0.2) is 103 Å². The molecule has 5 aromatic rings. The van der Waals surface area contributed by atoms with Crippen LogP contribution in [-0.2, 0) is 27.1 Å². The van der Waals surface area contributed by atoms with Crippen LogP contribution in [0.3, 0.4) is 0 Å². The lowest BCUT2D eigenvalue weighted by atomic mass is 9.37. The van der Waals surface area contributed by atoms with Crippen molar-refractivity contribution in [2.45, 2.75) is 140 Å². The molecule has 4 unspecified atom stereocenters. The number of anilines is 3. The Hall–Kier alpha value is -4.30. The molecule has 0 radical (unpaired) electrons. The van der Waals surface area contributed by atoms with Crippen LogP contribution in [0.25, 0.3) is 11.1 Å². The van der Waals surface area contributed by atoms with Gasteiger partial charge in [-0.2, -0.15) is 0 Å². The number of para-hydroxylation sites is 1. The Morgan fingerprint density at radius 3 is 1.58 bits per heavy atom. The lowest BCUT2D eigenvalue weighted by Gasteiger charge is -2.66. The van der Waals surface area contributed by atoms with Gasteiger partial charge in [0.1, 0.15) is 11.5 Å². The molecule has 4 atom stereocenters. The van der Waals surface area contributed by atoms with E-state index in [9.17, 15) is 0 Å². The summed E-state index contributed by atoms with van der Waals surface area (Å²) >= 11 is 0. The summed E-state index contributed by atoms with van der Waals surface area (Å²) in [6, 6.07) is 40.6. The van der Waals surface area contributed by atoms with Crippen molar-refractivity contribution < 1.29 is 4.74 Å². The molecular formula is C57H63NO. The van der Waals surface area contributed by atoms with Crippen molar-refractivity contribution in [1.29, 1.82) is 0 Å². The summed E-state index contributed by atoms with van der Waals surface area (Å²) in [5, 5.41) is 0. The van der Waals surface area contributed by atoms with Gasteiger partial charge in [-0.05, 0) is 178 Å². The van der Waals surface area contributed by atoms with Gasteiger partial charge < -0.3 is 9.64 Å². The van der Waals surface area contributed by atoms with Crippen LogP contribution in [0.1, 0.15) is 147 Å². The summed E-state index contributed by atoms with van der Waals surface area (Å²) in [4.78, 5) is 2.52. The molecule has 2 nitrogen and oxygen atoms in total. The van der Waals surface area contributed by atoms with E-state index >= 15 is 0 Å². The summed E-state index contributed by atoms with van der Waals surface area (Å²) in [5.74, 6) is 5.44. The molecule has 3 bridgehead atoms. The van der Waals surface area contributed by atoms with E-state index in [0.29, 0.717) is 5.41 Å². The topological polar surface area (TPSA) is 12.5 Å². The van der Waals surface area contributed by atoms with Gasteiger partial charge >= 0.3 is 0 Å². The van der Waals surface area contributed by atoms with Gasteiger partial charge in [0.2, 0.25) is 0 Å². The second kappa shape index (κ2) is 11.7.